The van der Waals surface area contributed by atoms with Crippen LogP contribution >= 0.6 is 24.8 Å². The van der Waals surface area contributed by atoms with Crippen LogP contribution in [0.3, 0.4) is 0 Å². The van der Waals surface area contributed by atoms with Gasteiger partial charge in [-0.15, -0.1) is 24.8 Å². The summed E-state index contributed by atoms with van der Waals surface area (Å²) in [6.07, 6.45) is 0. The Labute approximate surface area is 145 Å². The zero-order valence-electron chi connectivity index (χ0n) is 13.2. The molecule has 0 amide bonds. The highest BCUT2D eigenvalue weighted by Gasteiger charge is 2.11. The minimum atomic E-state index is 0. The van der Waals surface area contributed by atoms with Crippen molar-refractivity contribution in [3.05, 3.63) is 23.8 Å². The van der Waals surface area contributed by atoms with Gasteiger partial charge < -0.3 is 19.5 Å². The molecular weight excluding hydrogens is 327 g/mol. The highest BCUT2D eigenvalue weighted by molar-refractivity contribution is 5.85. The molecule has 7 heteroatoms. The summed E-state index contributed by atoms with van der Waals surface area (Å²) in [4.78, 5) is 2.42. The van der Waals surface area contributed by atoms with E-state index in [-0.39, 0.29) is 24.8 Å². The Kier molecular flexibility index (Phi) is 11.4. The number of hydrogen-bond acceptors (Lipinski definition) is 5. The van der Waals surface area contributed by atoms with Crippen LogP contribution in [0.15, 0.2) is 18.2 Å². The third kappa shape index (κ3) is 6.18. The fraction of sp³-hybridized carbons (Fsp3) is 0.600. The molecule has 0 unspecified atom stereocenters. The molecule has 1 N–H and O–H groups in total. The first-order valence-electron chi connectivity index (χ1n) is 7.06. The number of rotatable bonds is 7. The maximum atomic E-state index is 5.42. The summed E-state index contributed by atoms with van der Waals surface area (Å²) in [6, 6.07) is 5.96. The van der Waals surface area contributed by atoms with Gasteiger partial charge in [0, 0.05) is 38.3 Å². The van der Waals surface area contributed by atoms with E-state index >= 15 is 0 Å². The van der Waals surface area contributed by atoms with Gasteiger partial charge in [0.1, 0.15) is 0 Å². The molecule has 1 aliphatic heterocycles. The highest BCUT2D eigenvalue weighted by Crippen LogP contribution is 2.30. The maximum Gasteiger partial charge on any atom is 0.165 e. The van der Waals surface area contributed by atoms with E-state index in [1.165, 1.54) is 0 Å². The van der Waals surface area contributed by atoms with E-state index in [0.717, 1.165) is 63.0 Å². The zero-order valence-corrected chi connectivity index (χ0v) is 14.8. The Morgan fingerprint density at radius 2 is 1.86 bits per heavy atom. The molecule has 0 bridgehead atoms. The lowest BCUT2D eigenvalue weighted by atomic mass is 10.2. The molecule has 1 aromatic rings. The summed E-state index contributed by atoms with van der Waals surface area (Å²) < 4.78 is 16.1. The number of benzene rings is 1. The number of morpholine rings is 1. The normalized spacial score (nSPS) is 14.6. The lowest BCUT2D eigenvalue weighted by molar-refractivity contribution is 0.0384. The van der Waals surface area contributed by atoms with E-state index in [0.29, 0.717) is 0 Å². The first-order chi connectivity index (χ1) is 9.85. The topological polar surface area (TPSA) is 43.0 Å². The quantitative estimate of drug-likeness (QED) is 0.760. The van der Waals surface area contributed by atoms with E-state index in [4.69, 9.17) is 14.2 Å². The minimum absolute atomic E-state index is 0. The van der Waals surface area contributed by atoms with Gasteiger partial charge in [-0.1, -0.05) is 12.1 Å². The van der Waals surface area contributed by atoms with E-state index < -0.39 is 0 Å². The van der Waals surface area contributed by atoms with Crippen molar-refractivity contribution in [2.75, 3.05) is 53.6 Å². The van der Waals surface area contributed by atoms with Crippen molar-refractivity contribution in [3.8, 4) is 11.5 Å². The van der Waals surface area contributed by atoms with Crippen molar-refractivity contribution in [1.82, 2.24) is 10.2 Å². The largest absolute Gasteiger partial charge is 0.493 e. The van der Waals surface area contributed by atoms with Crippen molar-refractivity contribution in [2.45, 2.75) is 6.54 Å². The summed E-state index contributed by atoms with van der Waals surface area (Å²) >= 11 is 0. The number of ether oxygens (including phenoxy) is 3. The number of hydrogen-bond donors (Lipinski definition) is 1. The summed E-state index contributed by atoms with van der Waals surface area (Å²) in [6.45, 7) is 6.56. The van der Waals surface area contributed by atoms with Crippen molar-refractivity contribution in [1.29, 1.82) is 0 Å². The van der Waals surface area contributed by atoms with Gasteiger partial charge in [0.2, 0.25) is 0 Å². The number of nitrogens with zero attached hydrogens (tertiary/aromatic N) is 1. The molecule has 0 aromatic heterocycles. The first kappa shape index (κ1) is 21.3. The summed E-state index contributed by atoms with van der Waals surface area (Å²) in [5.74, 6) is 1.59. The Morgan fingerprint density at radius 1 is 1.14 bits per heavy atom. The van der Waals surface area contributed by atoms with E-state index in [1.54, 1.807) is 14.2 Å². The number of para-hydroxylation sites is 1. The van der Waals surface area contributed by atoms with Gasteiger partial charge in [0.05, 0.1) is 27.4 Å². The van der Waals surface area contributed by atoms with Gasteiger partial charge in [0.25, 0.3) is 0 Å². The number of methoxy groups -OCH3 is 2. The Morgan fingerprint density at radius 3 is 2.50 bits per heavy atom. The summed E-state index contributed by atoms with van der Waals surface area (Å²) in [5.41, 5.74) is 1.12. The molecule has 128 valence electrons. The second kappa shape index (κ2) is 11.8. The molecule has 0 saturated carbocycles. The van der Waals surface area contributed by atoms with E-state index in [9.17, 15) is 0 Å². The van der Waals surface area contributed by atoms with Gasteiger partial charge in [-0.2, -0.15) is 0 Å². The first-order valence-corrected chi connectivity index (χ1v) is 7.06. The maximum absolute atomic E-state index is 5.42. The molecule has 0 radical (unpaired) electrons. The predicted octanol–water partition coefficient (Wildman–Crippen LogP) is 1.97. The third-order valence-corrected chi connectivity index (χ3v) is 3.51. The van der Waals surface area contributed by atoms with Crippen LogP contribution in [0.1, 0.15) is 5.56 Å². The van der Waals surface area contributed by atoms with Crippen LogP contribution in [0.25, 0.3) is 0 Å². The molecule has 1 aromatic carbocycles. The number of nitrogens with one attached hydrogen (secondary N) is 1. The fourth-order valence-corrected chi connectivity index (χ4v) is 2.38. The van der Waals surface area contributed by atoms with Crippen LogP contribution in [-0.2, 0) is 11.3 Å². The van der Waals surface area contributed by atoms with Crippen molar-refractivity contribution in [2.24, 2.45) is 0 Å². The van der Waals surface area contributed by atoms with Gasteiger partial charge in [-0.05, 0) is 6.07 Å². The monoisotopic (exact) mass is 352 g/mol. The van der Waals surface area contributed by atoms with Crippen LogP contribution in [0, 0.1) is 0 Å². The Bertz CT molecular complexity index is 416. The third-order valence-electron chi connectivity index (χ3n) is 3.51. The van der Waals surface area contributed by atoms with E-state index in [2.05, 4.69) is 16.3 Å². The number of halogens is 2. The van der Waals surface area contributed by atoms with Crippen LogP contribution in [0.2, 0.25) is 0 Å². The van der Waals surface area contributed by atoms with Crippen LogP contribution < -0.4 is 14.8 Å². The average molecular weight is 353 g/mol. The SMILES string of the molecule is COc1cccc(CNCCN2CCOCC2)c1OC.Cl.Cl. The molecule has 1 heterocycles. The zero-order chi connectivity index (χ0) is 14.2. The molecule has 0 aliphatic carbocycles. The smallest absolute Gasteiger partial charge is 0.165 e. The van der Waals surface area contributed by atoms with Gasteiger partial charge in [-0.25, -0.2) is 0 Å². The van der Waals surface area contributed by atoms with Crippen molar-refractivity contribution >= 4 is 24.8 Å². The van der Waals surface area contributed by atoms with Crippen LogP contribution in [0.4, 0.5) is 0 Å². The average Bonchev–Trinajstić information content (AvgIpc) is 2.52. The molecule has 1 saturated heterocycles. The highest BCUT2D eigenvalue weighted by atomic mass is 35.5. The molecule has 22 heavy (non-hydrogen) atoms. The molecule has 1 fully saturated rings. The van der Waals surface area contributed by atoms with Gasteiger partial charge in [0.15, 0.2) is 11.5 Å². The molecule has 2 rings (SSSR count). The standard InChI is InChI=1S/C15H24N2O3.2ClH/c1-18-14-5-3-4-13(15(14)19-2)12-16-6-7-17-8-10-20-11-9-17;;/h3-5,16H,6-12H2,1-2H3;2*1H. The second-order valence-corrected chi connectivity index (χ2v) is 4.78. The van der Waals surface area contributed by atoms with Crippen LogP contribution in [0.5, 0.6) is 11.5 Å². The van der Waals surface area contributed by atoms with Gasteiger partial charge >= 0.3 is 0 Å². The summed E-state index contributed by atoms with van der Waals surface area (Å²) in [5, 5.41) is 3.46. The lowest BCUT2D eigenvalue weighted by Crippen LogP contribution is -2.40. The summed E-state index contributed by atoms with van der Waals surface area (Å²) in [7, 11) is 3.34. The minimum Gasteiger partial charge on any atom is -0.493 e. The van der Waals surface area contributed by atoms with Crippen LogP contribution in [-0.4, -0.2) is 58.5 Å². The lowest BCUT2D eigenvalue weighted by Gasteiger charge is -2.26. The van der Waals surface area contributed by atoms with Crippen molar-refractivity contribution < 1.29 is 14.2 Å². The molecule has 0 spiro atoms. The molecule has 0 atom stereocenters. The molecule has 5 nitrogen and oxygen atoms in total. The fourth-order valence-electron chi connectivity index (χ4n) is 2.38. The second-order valence-electron chi connectivity index (χ2n) is 4.78. The molecular formula is C15H26Cl2N2O3. The van der Waals surface area contributed by atoms with Crippen molar-refractivity contribution in [3.63, 3.8) is 0 Å². The molecule has 1 aliphatic rings. The van der Waals surface area contributed by atoms with E-state index in [1.807, 2.05) is 12.1 Å². The van der Waals surface area contributed by atoms with Gasteiger partial charge in [-0.3, -0.25) is 4.90 Å². The Hall–Kier alpha value is -0.720. The predicted molar refractivity (Wildman–Crippen MR) is 93.0 cm³/mol. The Balaban J connectivity index is 0.00000220.